The molecule has 1 saturated carbocycles. The molecule has 1 aliphatic rings. The van der Waals surface area contributed by atoms with E-state index in [0.717, 1.165) is 25.7 Å². The first-order valence-corrected chi connectivity index (χ1v) is 4.60. The molecule has 3 N–H and O–H groups in total. The van der Waals surface area contributed by atoms with Crippen molar-refractivity contribution in [1.29, 1.82) is 0 Å². The van der Waals surface area contributed by atoms with Crippen molar-refractivity contribution in [3.05, 3.63) is 0 Å². The standard InChI is InChI=1S/C9H17NO2.Na.H/c10-7-9(6-8(11)12)4-2-1-3-5-9;;/h1-7,10H2,(H,11,12);;. The summed E-state index contributed by atoms with van der Waals surface area (Å²) in [5.41, 5.74) is 5.54. The van der Waals surface area contributed by atoms with Gasteiger partial charge in [0.05, 0.1) is 6.42 Å². The molecule has 0 aromatic carbocycles. The molecule has 13 heavy (non-hydrogen) atoms. The van der Waals surface area contributed by atoms with Gasteiger partial charge in [-0.25, -0.2) is 0 Å². The normalized spacial score (nSPS) is 20.4. The molecule has 0 radical (unpaired) electrons. The number of hydrogen-bond acceptors (Lipinski definition) is 2. The van der Waals surface area contributed by atoms with Crippen molar-refractivity contribution in [2.45, 2.75) is 38.5 Å². The monoisotopic (exact) mass is 195 g/mol. The van der Waals surface area contributed by atoms with Crippen LogP contribution in [-0.4, -0.2) is 47.2 Å². The van der Waals surface area contributed by atoms with Crippen molar-refractivity contribution < 1.29 is 9.90 Å². The summed E-state index contributed by atoms with van der Waals surface area (Å²) in [6.45, 7) is 0.527. The molecule has 0 bridgehead atoms. The molecule has 0 atom stereocenters. The average molecular weight is 195 g/mol. The Bertz CT molecular complexity index is 167. The molecule has 1 fully saturated rings. The van der Waals surface area contributed by atoms with Crippen LogP contribution in [0.1, 0.15) is 38.5 Å². The first-order valence-electron chi connectivity index (χ1n) is 4.60. The number of rotatable bonds is 3. The van der Waals surface area contributed by atoms with E-state index < -0.39 is 5.97 Å². The summed E-state index contributed by atoms with van der Waals surface area (Å²) < 4.78 is 0. The number of carbonyl (C=O) groups is 1. The van der Waals surface area contributed by atoms with Gasteiger partial charge in [-0.05, 0) is 24.8 Å². The van der Waals surface area contributed by atoms with E-state index in [9.17, 15) is 4.79 Å². The van der Waals surface area contributed by atoms with E-state index >= 15 is 0 Å². The molecule has 0 spiro atoms. The van der Waals surface area contributed by atoms with Crippen LogP contribution in [0.5, 0.6) is 0 Å². The third-order valence-corrected chi connectivity index (χ3v) is 2.87. The van der Waals surface area contributed by atoms with Crippen LogP contribution in [0.4, 0.5) is 0 Å². The number of aliphatic carboxylic acids is 1. The second-order valence-electron chi connectivity index (χ2n) is 3.84. The first kappa shape index (κ1) is 13.4. The molecular weight excluding hydrogens is 177 g/mol. The summed E-state index contributed by atoms with van der Waals surface area (Å²) in [7, 11) is 0. The van der Waals surface area contributed by atoms with E-state index in [-0.39, 0.29) is 41.4 Å². The summed E-state index contributed by atoms with van der Waals surface area (Å²) in [4.78, 5) is 10.6. The molecule has 0 aromatic rings. The molecule has 72 valence electrons. The Morgan fingerprint density at radius 3 is 2.23 bits per heavy atom. The zero-order valence-corrected chi connectivity index (χ0v) is 7.38. The maximum absolute atomic E-state index is 10.6. The quantitative estimate of drug-likeness (QED) is 0.652. The predicted octanol–water partition coefficient (Wildman–Crippen LogP) is 0.722. The maximum atomic E-state index is 10.6. The van der Waals surface area contributed by atoms with Gasteiger partial charge in [-0.1, -0.05) is 19.3 Å². The number of hydrogen-bond donors (Lipinski definition) is 2. The van der Waals surface area contributed by atoms with E-state index in [0.29, 0.717) is 6.54 Å². The zero-order chi connectivity index (χ0) is 9.03. The fourth-order valence-corrected chi connectivity index (χ4v) is 2.08. The van der Waals surface area contributed by atoms with Crippen molar-refractivity contribution >= 4 is 35.5 Å². The minimum atomic E-state index is -0.706. The number of carboxylic acid groups (broad SMARTS) is 1. The molecular formula is C9H18NNaO2. The topological polar surface area (TPSA) is 63.3 Å². The van der Waals surface area contributed by atoms with Crippen LogP contribution >= 0.6 is 0 Å². The van der Waals surface area contributed by atoms with Gasteiger partial charge in [-0.15, -0.1) is 0 Å². The van der Waals surface area contributed by atoms with Crippen LogP contribution < -0.4 is 5.73 Å². The van der Waals surface area contributed by atoms with Gasteiger partial charge >= 0.3 is 35.5 Å². The third-order valence-electron chi connectivity index (χ3n) is 2.87. The third kappa shape index (κ3) is 3.98. The van der Waals surface area contributed by atoms with Gasteiger partial charge < -0.3 is 10.8 Å². The summed E-state index contributed by atoms with van der Waals surface area (Å²) in [5, 5.41) is 8.71. The van der Waals surface area contributed by atoms with Crippen LogP contribution in [0.15, 0.2) is 0 Å². The Morgan fingerprint density at radius 2 is 1.85 bits per heavy atom. The van der Waals surface area contributed by atoms with Crippen molar-refractivity contribution in [2.24, 2.45) is 11.1 Å². The SMILES string of the molecule is NCC1(CC(=O)O)CCCCC1.[NaH]. The van der Waals surface area contributed by atoms with E-state index in [4.69, 9.17) is 10.8 Å². The molecule has 0 amide bonds. The minimum absolute atomic E-state index is 0. The van der Waals surface area contributed by atoms with E-state index in [1.807, 2.05) is 0 Å². The van der Waals surface area contributed by atoms with Crippen molar-refractivity contribution in [2.75, 3.05) is 6.54 Å². The molecule has 0 aliphatic heterocycles. The molecule has 3 nitrogen and oxygen atoms in total. The van der Waals surface area contributed by atoms with Gasteiger partial charge in [0.25, 0.3) is 0 Å². The summed E-state index contributed by atoms with van der Waals surface area (Å²) in [6, 6.07) is 0. The van der Waals surface area contributed by atoms with Crippen molar-refractivity contribution in [3.63, 3.8) is 0 Å². The van der Waals surface area contributed by atoms with E-state index in [1.165, 1.54) is 6.42 Å². The molecule has 0 heterocycles. The van der Waals surface area contributed by atoms with Crippen LogP contribution in [0.3, 0.4) is 0 Å². The molecule has 0 unspecified atom stereocenters. The van der Waals surface area contributed by atoms with Crippen LogP contribution in [0.2, 0.25) is 0 Å². The Morgan fingerprint density at radius 1 is 1.31 bits per heavy atom. The fourth-order valence-electron chi connectivity index (χ4n) is 2.08. The second-order valence-corrected chi connectivity index (χ2v) is 3.84. The van der Waals surface area contributed by atoms with E-state index in [1.54, 1.807) is 0 Å². The Balaban J connectivity index is 0.00000144. The van der Waals surface area contributed by atoms with Gasteiger partial charge in [0, 0.05) is 0 Å². The average Bonchev–Trinajstić information content (AvgIpc) is 2.05. The zero-order valence-electron chi connectivity index (χ0n) is 7.38. The van der Waals surface area contributed by atoms with Gasteiger partial charge in [0.2, 0.25) is 0 Å². The Labute approximate surface area is 101 Å². The second kappa shape index (κ2) is 6.02. The summed E-state index contributed by atoms with van der Waals surface area (Å²) in [6.07, 6.45) is 5.77. The van der Waals surface area contributed by atoms with Gasteiger partial charge in [0.1, 0.15) is 0 Å². The van der Waals surface area contributed by atoms with Crippen LogP contribution in [0.25, 0.3) is 0 Å². The first-order chi connectivity index (χ1) is 5.68. The van der Waals surface area contributed by atoms with Crippen molar-refractivity contribution in [1.82, 2.24) is 0 Å². The molecule has 0 aromatic heterocycles. The van der Waals surface area contributed by atoms with Crippen LogP contribution in [-0.2, 0) is 4.79 Å². The summed E-state index contributed by atoms with van der Waals surface area (Å²) in [5.74, 6) is -0.706. The van der Waals surface area contributed by atoms with Gasteiger partial charge in [-0.2, -0.15) is 0 Å². The van der Waals surface area contributed by atoms with E-state index in [2.05, 4.69) is 0 Å². The molecule has 1 aliphatic carbocycles. The molecule has 1 rings (SSSR count). The predicted molar refractivity (Wildman–Crippen MR) is 54.0 cm³/mol. The van der Waals surface area contributed by atoms with Gasteiger partial charge in [-0.3, -0.25) is 4.79 Å². The Hall–Kier alpha value is 0.430. The van der Waals surface area contributed by atoms with Crippen molar-refractivity contribution in [3.8, 4) is 0 Å². The van der Waals surface area contributed by atoms with Gasteiger partial charge in [0.15, 0.2) is 0 Å². The number of nitrogens with two attached hydrogens (primary N) is 1. The number of carboxylic acids is 1. The fraction of sp³-hybridized carbons (Fsp3) is 0.889. The Kier molecular flexibility index (Phi) is 6.21. The summed E-state index contributed by atoms with van der Waals surface area (Å²) >= 11 is 0. The van der Waals surface area contributed by atoms with Crippen LogP contribution in [0, 0.1) is 5.41 Å². The molecule has 0 saturated heterocycles. The molecule has 4 heteroatoms.